The van der Waals surface area contributed by atoms with Crippen LogP contribution < -0.4 is 24.4 Å². The summed E-state index contributed by atoms with van der Waals surface area (Å²) in [6, 6.07) is 4.60. The van der Waals surface area contributed by atoms with Gasteiger partial charge in [0, 0.05) is 42.9 Å². The van der Waals surface area contributed by atoms with Gasteiger partial charge in [-0.2, -0.15) is 13.2 Å². The molecular formula is C32H39F4N3O7. The molecule has 252 valence electrons. The summed E-state index contributed by atoms with van der Waals surface area (Å²) in [4.78, 5) is 27.9. The number of Topliss-reactive ketones (excluding diaryl/α,β-unsaturated/α-hetero) is 1. The molecule has 1 aliphatic heterocycles. The highest BCUT2D eigenvalue weighted by molar-refractivity contribution is 6.06. The van der Waals surface area contributed by atoms with E-state index in [2.05, 4.69) is 0 Å². The number of fused-ring (bicyclic) bond motifs is 1. The number of carbonyl (C=O) groups excluding carboxylic acids is 2. The van der Waals surface area contributed by atoms with Crippen molar-refractivity contribution < 1.29 is 51.2 Å². The molecule has 0 radical (unpaired) electrons. The molecule has 2 atom stereocenters. The summed E-state index contributed by atoms with van der Waals surface area (Å²) in [6.45, 7) is 9.19. The maximum Gasteiger partial charge on any atom is 0.471 e. The van der Waals surface area contributed by atoms with Crippen molar-refractivity contribution >= 4 is 34.0 Å². The van der Waals surface area contributed by atoms with E-state index in [-0.39, 0.29) is 47.6 Å². The molecule has 0 spiro atoms. The average Bonchev–Trinajstić information content (AvgIpc) is 3.52. The topological polar surface area (TPSA) is 111 Å². The summed E-state index contributed by atoms with van der Waals surface area (Å²) < 4.78 is 79.3. The Morgan fingerprint density at radius 2 is 1.70 bits per heavy atom. The third kappa shape index (κ3) is 6.87. The quantitative estimate of drug-likeness (QED) is 0.207. The standard InChI is InChI=1S/C32H39F4N3O7/c1-8-45-23-12-18-13-39(29(37-30(42)32(34,35)36)25(18)26(33)28(23)46-9-2)14-21(40)17-10-19(31(3,4)5)27(44-7)20(11-17)38-15-22(41)24(16-38)43-6/h10-13,22,24,41H,8-9,14-16H2,1-7H3,(H,37,42)/t22-,24-/m0/s1. The van der Waals surface area contributed by atoms with E-state index in [1.807, 2.05) is 25.7 Å². The van der Waals surface area contributed by atoms with Crippen molar-refractivity contribution in [3.63, 3.8) is 0 Å². The Morgan fingerprint density at radius 1 is 1.02 bits per heavy atom. The largest absolute Gasteiger partial charge is 0.494 e. The molecule has 2 N–H and O–H groups in total. The van der Waals surface area contributed by atoms with Gasteiger partial charge in [-0.05, 0) is 37.5 Å². The minimum Gasteiger partial charge on any atom is -0.494 e. The highest BCUT2D eigenvalue weighted by Gasteiger charge is 2.40. The number of ketones is 1. The number of anilines is 2. The Kier molecular flexibility index (Phi) is 10.1. The SMILES string of the molecule is CCOc1cc2cn(CC(=O)c3cc(N4C[C@H](OC)[C@@H](O)C4)c(OC)c(C(C)(C)C)c3)c(NC(=O)C(F)(F)F)c2c(F)c1OCC. The summed E-state index contributed by atoms with van der Waals surface area (Å²) in [5, 5.41) is 12.0. The lowest BCUT2D eigenvalue weighted by atomic mass is 9.84. The van der Waals surface area contributed by atoms with Gasteiger partial charge in [-0.3, -0.25) is 9.59 Å². The third-order valence-corrected chi connectivity index (χ3v) is 7.71. The van der Waals surface area contributed by atoms with E-state index in [4.69, 9.17) is 18.9 Å². The van der Waals surface area contributed by atoms with Gasteiger partial charge in [0.05, 0.1) is 44.0 Å². The van der Waals surface area contributed by atoms with Crippen LogP contribution in [-0.2, 0) is 21.5 Å². The van der Waals surface area contributed by atoms with Crippen molar-refractivity contribution in [1.82, 2.24) is 4.57 Å². The van der Waals surface area contributed by atoms with Crippen molar-refractivity contribution in [3.8, 4) is 17.2 Å². The van der Waals surface area contributed by atoms with Crippen molar-refractivity contribution in [2.75, 3.05) is 50.7 Å². The van der Waals surface area contributed by atoms with Gasteiger partial charge in [-0.25, -0.2) is 4.39 Å². The van der Waals surface area contributed by atoms with Gasteiger partial charge in [0.25, 0.3) is 0 Å². The van der Waals surface area contributed by atoms with Gasteiger partial charge in [0.2, 0.25) is 0 Å². The molecule has 0 saturated carbocycles. The van der Waals surface area contributed by atoms with Gasteiger partial charge < -0.3 is 38.8 Å². The summed E-state index contributed by atoms with van der Waals surface area (Å²) in [6.07, 6.45) is -5.29. The average molecular weight is 654 g/mol. The van der Waals surface area contributed by atoms with Crippen LogP contribution in [-0.4, -0.2) is 80.3 Å². The number of aliphatic hydroxyl groups is 1. The maximum atomic E-state index is 15.9. The lowest BCUT2D eigenvalue weighted by Gasteiger charge is -2.29. The number of rotatable bonds is 11. The van der Waals surface area contributed by atoms with E-state index in [1.54, 1.807) is 31.3 Å². The van der Waals surface area contributed by atoms with E-state index < -0.39 is 53.7 Å². The zero-order valence-electron chi connectivity index (χ0n) is 26.8. The zero-order valence-corrected chi connectivity index (χ0v) is 26.8. The first kappa shape index (κ1) is 34.8. The Bertz CT molecular complexity index is 1610. The van der Waals surface area contributed by atoms with Gasteiger partial charge in [0.15, 0.2) is 23.1 Å². The fraction of sp³-hybridized carbons (Fsp3) is 0.500. The van der Waals surface area contributed by atoms with E-state index >= 15 is 4.39 Å². The molecule has 46 heavy (non-hydrogen) atoms. The number of alkyl halides is 3. The summed E-state index contributed by atoms with van der Waals surface area (Å²) in [7, 11) is 2.99. The van der Waals surface area contributed by atoms with E-state index in [9.17, 15) is 27.9 Å². The summed E-state index contributed by atoms with van der Waals surface area (Å²) in [5.41, 5.74) is 0.863. The number of carbonyl (C=O) groups is 2. The molecular weight excluding hydrogens is 614 g/mol. The molecule has 1 aromatic heterocycles. The molecule has 14 heteroatoms. The highest BCUT2D eigenvalue weighted by Crippen LogP contribution is 2.43. The number of ether oxygens (including phenoxy) is 4. The molecule has 2 aromatic carbocycles. The van der Waals surface area contributed by atoms with Gasteiger partial charge in [0.1, 0.15) is 17.7 Å². The molecule has 10 nitrogen and oxygen atoms in total. The maximum absolute atomic E-state index is 15.9. The normalized spacial score (nSPS) is 17.0. The van der Waals surface area contributed by atoms with Crippen LogP contribution in [0.4, 0.5) is 29.1 Å². The van der Waals surface area contributed by atoms with Crippen LogP contribution in [0.2, 0.25) is 0 Å². The van der Waals surface area contributed by atoms with Crippen LogP contribution >= 0.6 is 0 Å². The molecule has 1 amide bonds. The minimum absolute atomic E-state index is 0.0169. The molecule has 0 bridgehead atoms. The van der Waals surface area contributed by atoms with Gasteiger partial charge >= 0.3 is 12.1 Å². The number of β-amino-alcohol motifs (C(OH)–C–C–N with tert-alkyl or cyclic N) is 1. The predicted molar refractivity (Wildman–Crippen MR) is 164 cm³/mol. The van der Waals surface area contributed by atoms with Crippen LogP contribution in [0, 0.1) is 5.82 Å². The molecule has 1 saturated heterocycles. The lowest BCUT2D eigenvalue weighted by molar-refractivity contribution is -0.167. The molecule has 0 unspecified atom stereocenters. The van der Waals surface area contributed by atoms with Crippen LogP contribution in [0.3, 0.4) is 0 Å². The smallest absolute Gasteiger partial charge is 0.471 e. The molecule has 3 aromatic rings. The Labute approximate surface area is 264 Å². The number of methoxy groups -OCH3 is 2. The molecule has 1 fully saturated rings. The Morgan fingerprint density at radius 3 is 2.24 bits per heavy atom. The Balaban J connectivity index is 1.87. The molecule has 2 heterocycles. The first-order chi connectivity index (χ1) is 21.5. The van der Waals surface area contributed by atoms with E-state index in [1.165, 1.54) is 26.5 Å². The summed E-state index contributed by atoms with van der Waals surface area (Å²) in [5.74, 6) is -4.32. The number of aliphatic hydroxyl groups excluding tert-OH is 1. The molecule has 4 rings (SSSR count). The number of aromatic nitrogens is 1. The van der Waals surface area contributed by atoms with E-state index in [0.29, 0.717) is 23.5 Å². The first-order valence-corrected chi connectivity index (χ1v) is 14.8. The molecule has 0 aliphatic carbocycles. The van der Waals surface area contributed by atoms with Crippen molar-refractivity contribution in [2.24, 2.45) is 0 Å². The zero-order chi connectivity index (χ0) is 34.1. The minimum atomic E-state index is -5.29. The number of benzene rings is 2. The number of nitrogens with one attached hydrogen (secondary N) is 1. The second-order valence-electron chi connectivity index (χ2n) is 11.9. The van der Waals surface area contributed by atoms with E-state index in [0.717, 1.165) is 4.57 Å². The predicted octanol–water partition coefficient (Wildman–Crippen LogP) is 5.46. The second-order valence-corrected chi connectivity index (χ2v) is 11.9. The summed E-state index contributed by atoms with van der Waals surface area (Å²) >= 11 is 0. The monoisotopic (exact) mass is 653 g/mol. The van der Waals surface area contributed by atoms with Crippen LogP contribution in [0.5, 0.6) is 17.2 Å². The number of halogens is 4. The fourth-order valence-electron chi connectivity index (χ4n) is 5.54. The lowest BCUT2D eigenvalue weighted by Crippen LogP contribution is -2.31. The van der Waals surface area contributed by atoms with Crippen molar-refractivity contribution in [3.05, 3.63) is 41.3 Å². The van der Waals surface area contributed by atoms with Crippen LogP contribution in [0.1, 0.15) is 50.5 Å². The number of hydrogen-bond donors (Lipinski definition) is 2. The van der Waals surface area contributed by atoms with Crippen molar-refractivity contribution in [2.45, 2.75) is 65.0 Å². The number of hydrogen-bond acceptors (Lipinski definition) is 8. The van der Waals surface area contributed by atoms with Gasteiger partial charge in [-0.15, -0.1) is 0 Å². The third-order valence-electron chi connectivity index (χ3n) is 7.71. The Hall–Kier alpha value is -4.04. The van der Waals surface area contributed by atoms with Crippen molar-refractivity contribution in [1.29, 1.82) is 0 Å². The second kappa shape index (κ2) is 13.4. The van der Waals surface area contributed by atoms with Gasteiger partial charge in [-0.1, -0.05) is 20.8 Å². The first-order valence-electron chi connectivity index (χ1n) is 14.8. The highest BCUT2D eigenvalue weighted by atomic mass is 19.4. The fourth-order valence-corrected chi connectivity index (χ4v) is 5.54. The van der Waals surface area contributed by atoms with Crippen LogP contribution in [0.25, 0.3) is 10.8 Å². The number of nitrogens with zero attached hydrogens (tertiary/aromatic N) is 2. The number of amides is 1. The van der Waals surface area contributed by atoms with Crippen LogP contribution in [0.15, 0.2) is 24.4 Å². The molecule has 1 aliphatic rings.